The van der Waals surface area contributed by atoms with Gasteiger partial charge in [-0.25, -0.2) is 9.97 Å². The van der Waals surface area contributed by atoms with Crippen LogP contribution in [-0.4, -0.2) is 28.2 Å². The molecule has 0 unspecified atom stereocenters. The second kappa shape index (κ2) is 8.69. The number of carbonyl (C=O) groups is 1. The number of hydrogen-bond donors (Lipinski definition) is 0. The van der Waals surface area contributed by atoms with E-state index in [0.717, 1.165) is 47.2 Å². The number of anilines is 1. The standard InChI is InChI=1S/C25H20ClN3OS/c26-19-12-13-21-20(15-19)24(18-8-2-1-3-9-18)28-25(27-21)31-16-23(30)29-14-6-10-17-7-4-5-11-22(17)29/h1-5,7-9,11-13,15H,6,10,14,16H2. The first-order chi connectivity index (χ1) is 15.2. The topological polar surface area (TPSA) is 46.1 Å². The third-order valence-corrected chi connectivity index (χ3v) is 6.49. The molecule has 0 N–H and O–H groups in total. The van der Waals surface area contributed by atoms with Crippen LogP contribution in [0, 0.1) is 0 Å². The molecular formula is C25H20ClN3OS. The molecule has 0 bridgehead atoms. The van der Waals surface area contributed by atoms with Crippen LogP contribution >= 0.6 is 23.4 Å². The zero-order chi connectivity index (χ0) is 21.2. The fourth-order valence-electron chi connectivity index (χ4n) is 3.96. The van der Waals surface area contributed by atoms with E-state index in [0.29, 0.717) is 15.9 Å². The Balaban J connectivity index is 1.44. The highest BCUT2D eigenvalue weighted by molar-refractivity contribution is 7.99. The molecule has 4 aromatic rings. The molecule has 2 heterocycles. The lowest BCUT2D eigenvalue weighted by Crippen LogP contribution is -2.36. The lowest BCUT2D eigenvalue weighted by atomic mass is 10.0. The van der Waals surface area contributed by atoms with Crippen molar-refractivity contribution in [2.75, 3.05) is 17.2 Å². The molecule has 0 radical (unpaired) electrons. The van der Waals surface area contributed by atoms with Crippen molar-refractivity contribution in [3.8, 4) is 11.3 Å². The van der Waals surface area contributed by atoms with Crippen LogP contribution in [0.15, 0.2) is 78.0 Å². The van der Waals surface area contributed by atoms with Crippen LogP contribution < -0.4 is 4.90 Å². The van der Waals surface area contributed by atoms with Crippen molar-refractivity contribution in [2.24, 2.45) is 0 Å². The van der Waals surface area contributed by atoms with E-state index in [1.807, 2.05) is 71.6 Å². The van der Waals surface area contributed by atoms with Gasteiger partial charge in [0.15, 0.2) is 5.16 Å². The number of aryl methyl sites for hydroxylation is 1. The van der Waals surface area contributed by atoms with E-state index in [-0.39, 0.29) is 5.91 Å². The van der Waals surface area contributed by atoms with Crippen molar-refractivity contribution in [1.29, 1.82) is 0 Å². The van der Waals surface area contributed by atoms with E-state index in [1.165, 1.54) is 17.3 Å². The van der Waals surface area contributed by atoms with Gasteiger partial charge in [-0.15, -0.1) is 0 Å². The Morgan fingerprint density at radius 2 is 1.81 bits per heavy atom. The van der Waals surface area contributed by atoms with E-state index in [4.69, 9.17) is 16.6 Å². The predicted octanol–water partition coefficient (Wildman–Crippen LogP) is 6.02. The molecule has 0 spiro atoms. The van der Waals surface area contributed by atoms with E-state index >= 15 is 0 Å². The third-order valence-electron chi connectivity index (χ3n) is 5.42. The number of amides is 1. The molecule has 0 aliphatic carbocycles. The molecular weight excluding hydrogens is 426 g/mol. The average molecular weight is 446 g/mol. The van der Waals surface area contributed by atoms with Crippen molar-refractivity contribution < 1.29 is 4.79 Å². The van der Waals surface area contributed by atoms with Crippen LogP contribution in [0.1, 0.15) is 12.0 Å². The molecule has 0 fully saturated rings. The van der Waals surface area contributed by atoms with Crippen molar-refractivity contribution in [3.05, 3.63) is 83.4 Å². The fraction of sp³-hybridized carbons (Fsp3) is 0.160. The van der Waals surface area contributed by atoms with Crippen molar-refractivity contribution in [2.45, 2.75) is 18.0 Å². The molecule has 154 valence electrons. The highest BCUT2D eigenvalue weighted by Crippen LogP contribution is 2.31. The summed E-state index contributed by atoms with van der Waals surface area (Å²) in [5.41, 5.74) is 4.90. The predicted molar refractivity (Wildman–Crippen MR) is 128 cm³/mol. The van der Waals surface area contributed by atoms with Crippen LogP contribution in [-0.2, 0) is 11.2 Å². The van der Waals surface area contributed by atoms with Crippen molar-refractivity contribution >= 4 is 45.9 Å². The van der Waals surface area contributed by atoms with Gasteiger partial charge in [-0.1, -0.05) is 71.9 Å². The molecule has 1 aromatic heterocycles. The number of thioether (sulfide) groups is 1. The van der Waals surface area contributed by atoms with E-state index in [2.05, 4.69) is 11.1 Å². The monoisotopic (exact) mass is 445 g/mol. The normalized spacial score (nSPS) is 13.3. The zero-order valence-electron chi connectivity index (χ0n) is 16.8. The first-order valence-electron chi connectivity index (χ1n) is 10.2. The maximum Gasteiger partial charge on any atom is 0.237 e. The zero-order valence-corrected chi connectivity index (χ0v) is 18.4. The number of halogens is 1. The molecule has 5 rings (SSSR count). The lowest BCUT2D eigenvalue weighted by molar-refractivity contribution is -0.116. The van der Waals surface area contributed by atoms with Crippen LogP contribution in [0.2, 0.25) is 5.02 Å². The number of benzene rings is 3. The quantitative estimate of drug-likeness (QED) is 0.284. The largest absolute Gasteiger partial charge is 0.311 e. The van der Waals surface area contributed by atoms with Gasteiger partial charge in [-0.3, -0.25) is 4.79 Å². The number of hydrogen-bond acceptors (Lipinski definition) is 4. The Hall–Kier alpha value is -2.89. The van der Waals surface area contributed by atoms with Gasteiger partial charge in [0, 0.05) is 28.2 Å². The molecule has 1 aliphatic rings. The highest BCUT2D eigenvalue weighted by atomic mass is 35.5. The van der Waals surface area contributed by atoms with Gasteiger partial charge >= 0.3 is 0 Å². The summed E-state index contributed by atoms with van der Waals surface area (Å²) in [6, 6.07) is 23.8. The molecule has 1 amide bonds. The van der Waals surface area contributed by atoms with Gasteiger partial charge in [-0.05, 0) is 42.7 Å². The molecule has 3 aromatic carbocycles. The Bertz CT molecular complexity index is 1260. The Morgan fingerprint density at radius 1 is 1.00 bits per heavy atom. The first kappa shape index (κ1) is 20.0. The Labute approximate surface area is 190 Å². The van der Waals surface area contributed by atoms with Crippen LogP contribution in [0.4, 0.5) is 5.69 Å². The smallest absolute Gasteiger partial charge is 0.237 e. The van der Waals surface area contributed by atoms with Gasteiger partial charge < -0.3 is 4.90 Å². The summed E-state index contributed by atoms with van der Waals surface area (Å²) < 4.78 is 0. The minimum Gasteiger partial charge on any atom is -0.311 e. The molecule has 6 heteroatoms. The van der Waals surface area contributed by atoms with Gasteiger partial charge in [0.05, 0.1) is 17.0 Å². The van der Waals surface area contributed by atoms with Gasteiger partial charge in [0.25, 0.3) is 0 Å². The van der Waals surface area contributed by atoms with Gasteiger partial charge in [0.2, 0.25) is 5.91 Å². The van der Waals surface area contributed by atoms with Crippen LogP contribution in [0.3, 0.4) is 0 Å². The molecule has 0 saturated carbocycles. The summed E-state index contributed by atoms with van der Waals surface area (Å²) in [7, 11) is 0. The van der Waals surface area contributed by atoms with E-state index in [9.17, 15) is 4.79 Å². The summed E-state index contributed by atoms with van der Waals surface area (Å²) in [4.78, 5) is 24.4. The van der Waals surface area contributed by atoms with Gasteiger partial charge in [0.1, 0.15) is 0 Å². The maximum atomic E-state index is 13.0. The number of para-hydroxylation sites is 1. The Morgan fingerprint density at radius 3 is 2.68 bits per heavy atom. The van der Waals surface area contributed by atoms with Crippen molar-refractivity contribution in [3.63, 3.8) is 0 Å². The van der Waals surface area contributed by atoms with Crippen LogP contribution in [0.5, 0.6) is 0 Å². The van der Waals surface area contributed by atoms with Crippen molar-refractivity contribution in [1.82, 2.24) is 9.97 Å². The molecule has 1 aliphatic heterocycles. The third kappa shape index (κ3) is 4.16. The first-order valence-corrected chi connectivity index (χ1v) is 11.6. The molecule has 31 heavy (non-hydrogen) atoms. The summed E-state index contributed by atoms with van der Waals surface area (Å²) in [5.74, 6) is 0.375. The summed E-state index contributed by atoms with van der Waals surface area (Å²) >= 11 is 7.62. The molecule has 0 saturated heterocycles. The SMILES string of the molecule is O=C(CSc1nc(-c2ccccc2)c2cc(Cl)ccc2n1)N1CCCc2ccccc21. The summed E-state index contributed by atoms with van der Waals surface area (Å²) in [5, 5.41) is 2.14. The Kier molecular flexibility index (Phi) is 5.62. The molecule has 4 nitrogen and oxygen atoms in total. The minimum atomic E-state index is 0.0817. The lowest BCUT2D eigenvalue weighted by Gasteiger charge is -2.29. The van der Waals surface area contributed by atoms with E-state index < -0.39 is 0 Å². The van der Waals surface area contributed by atoms with Gasteiger partial charge in [-0.2, -0.15) is 0 Å². The maximum absolute atomic E-state index is 13.0. The fourth-order valence-corrected chi connectivity index (χ4v) is 4.86. The highest BCUT2D eigenvalue weighted by Gasteiger charge is 2.22. The molecule has 0 atom stereocenters. The van der Waals surface area contributed by atoms with Crippen LogP contribution in [0.25, 0.3) is 22.2 Å². The second-order valence-electron chi connectivity index (χ2n) is 7.45. The number of aromatic nitrogens is 2. The summed E-state index contributed by atoms with van der Waals surface area (Å²) in [6.45, 7) is 0.753. The number of carbonyl (C=O) groups excluding carboxylic acids is 1. The van der Waals surface area contributed by atoms with E-state index in [1.54, 1.807) is 0 Å². The second-order valence-corrected chi connectivity index (χ2v) is 8.83. The minimum absolute atomic E-state index is 0.0817. The summed E-state index contributed by atoms with van der Waals surface area (Å²) in [6.07, 6.45) is 2.00. The number of rotatable bonds is 4. The number of fused-ring (bicyclic) bond motifs is 2. The number of nitrogens with zero attached hydrogens (tertiary/aromatic N) is 3. The average Bonchev–Trinajstić information content (AvgIpc) is 2.82.